The maximum Gasteiger partial charge on any atom is 0.308 e. The molecule has 28 heavy (non-hydrogen) atoms. The van der Waals surface area contributed by atoms with Gasteiger partial charge >= 0.3 is 5.97 Å². The fraction of sp³-hybridized carbons (Fsp3) is 0.318. The Kier molecular flexibility index (Phi) is 6.42. The van der Waals surface area contributed by atoms with Gasteiger partial charge in [0.05, 0.1) is 12.8 Å². The minimum atomic E-state index is -0.862. The number of amides is 2. The molecule has 1 aliphatic rings. The summed E-state index contributed by atoms with van der Waals surface area (Å²) in [7, 11) is 0. The first-order valence-electron chi connectivity index (χ1n) is 9.44. The van der Waals surface area contributed by atoms with Gasteiger partial charge in [-0.3, -0.25) is 14.4 Å². The average molecular weight is 380 g/mol. The van der Waals surface area contributed by atoms with Crippen molar-refractivity contribution >= 4 is 23.5 Å². The van der Waals surface area contributed by atoms with Crippen molar-refractivity contribution in [3.8, 4) is 0 Å². The molecule has 1 unspecified atom stereocenters. The minimum absolute atomic E-state index is 0.0226. The first-order chi connectivity index (χ1) is 13.5. The summed E-state index contributed by atoms with van der Waals surface area (Å²) in [6.45, 7) is 2.35. The molecule has 6 heteroatoms. The maximum atomic E-state index is 12.6. The van der Waals surface area contributed by atoms with Crippen molar-refractivity contribution in [3.05, 3.63) is 65.7 Å². The van der Waals surface area contributed by atoms with E-state index in [0.717, 1.165) is 23.2 Å². The Morgan fingerprint density at radius 3 is 2.57 bits per heavy atom. The fourth-order valence-corrected chi connectivity index (χ4v) is 3.24. The van der Waals surface area contributed by atoms with E-state index in [4.69, 9.17) is 4.74 Å². The lowest BCUT2D eigenvalue weighted by atomic mass is 10.1. The van der Waals surface area contributed by atoms with Crippen molar-refractivity contribution in [2.75, 3.05) is 18.0 Å². The van der Waals surface area contributed by atoms with E-state index in [1.165, 1.54) is 0 Å². The van der Waals surface area contributed by atoms with E-state index in [1.54, 1.807) is 11.8 Å². The van der Waals surface area contributed by atoms with E-state index in [1.807, 2.05) is 54.6 Å². The minimum Gasteiger partial charge on any atom is -0.452 e. The number of nitrogens with one attached hydrogen (secondary N) is 1. The average Bonchev–Trinajstić information content (AvgIpc) is 3.12. The van der Waals surface area contributed by atoms with Gasteiger partial charge in [0.25, 0.3) is 5.91 Å². The molecule has 2 amide bonds. The molecule has 0 radical (unpaired) electrons. The van der Waals surface area contributed by atoms with Crippen LogP contribution in [0.4, 0.5) is 5.69 Å². The Morgan fingerprint density at radius 1 is 1.07 bits per heavy atom. The topological polar surface area (TPSA) is 75.7 Å². The van der Waals surface area contributed by atoms with Gasteiger partial charge in [-0.05, 0) is 30.5 Å². The maximum absolute atomic E-state index is 12.6. The van der Waals surface area contributed by atoms with Crippen LogP contribution in [0.25, 0.3) is 0 Å². The van der Waals surface area contributed by atoms with Crippen LogP contribution in [0.5, 0.6) is 0 Å². The number of ether oxygens (including phenoxy) is 1. The molecule has 1 heterocycles. The van der Waals surface area contributed by atoms with Crippen LogP contribution < -0.4 is 10.2 Å². The Labute approximate surface area is 164 Å². The molecule has 0 fully saturated rings. The van der Waals surface area contributed by atoms with Crippen molar-refractivity contribution in [2.45, 2.75) is 32.3 Å². The summed E-state index contributed by atoms with van der Waals surface area (Å²) >= 11 is 0. The molecule has 2 aromatic carbocycles. The largest absolute Gasteiger partial charge is 0.452 e. The molecule has 1 aliphatic heterocycles. The second kappa shape index (κ2) is 9.17. The van der Waals surface area contributed by atoms with Crippen LogP contribution in [0.1, 0.15) is 24.5 Å². The van der Waals surface area contributed by atoms with Gasteiger partial charge in [0.15, 0.2) is 6.10 Å². The molecule has 3 rings (SSSR count). The highest BCUT2D eigenvalue weighted by Crippen LogP contribution is 2.28. The number of carbonyl (C=O) groups is 3. The molecule has 2 aromatic rings. The summed E-state index contributed by atoms with van der Waals surface area (Å²) in [6, 6.07) is 17.1. The number of nitrogens with zero attached hydrogens (tertiary/aromatic N) is 1. The van der Waals surface area contributed by atoms with E-state index < -0.39 is 12.1 Å². The summed E-state index contributed by atoms with van der Waals surface area (Å²) in [5, 5.41) is 2.70. The van der Waals surface area contributed by atoms with Crippen molar-refractivity contribution in [2.24, 2.45) is 0 Å². The molecule has 1 N–H and O–H groups in total. The van der Waals surface area contributed by atoms with Crippen LogP contribution in [0.2, 0.25) is 0 Å². The van der Waals surface area contributed by atoms with E-state index in [0.29, 0.717) is 6.54 Å². The number of esters is 1. The number of hydrogen-bond acceptors (Lipinski definition) is 4. The molecule has 6 nitrogen and oxygen atoms in total. The number of benzene rings is 2. The Hall–Kier alpha value is -3.15. The van der Waals surface area contributed by atoms with Crippen LogP contribution >= 0.6 is 0 Å². The Bertz CT molecular complexity index is 851. The highest BCUT2D eigenvalue weighted by Gasteiger charge is 2.29. The number of carbonyl (C=O) groups excluding carboxylic acids is 3. The molecule has 0 saturated heterocycles. The zero-order chi connectivity index (χ0) is 19.9. The first kappa shape index (κ1) is 19.6. The van der Waals surface area contributed by atoms with Crippen LogP contribution in [0.3, 0.4) is 0 Å². The molecule has 0 spiro atoms. The van der Waals surface area contributed by atoms with Gasteiger partial charge < -0.3 is 15.0 Å². The lowest BCUT2D eigenvalue weighted by Gasteiger charge is -2.21. The summed E-state index contributed by atoms with van der Waals surface area (Å²) in [5.74, 6) is -0.892. The first-order valence-corrected chi connectivity index (χ1v) is 9.44. The molecular formula is C22H24N2O4. The van der Waals surface area contributed by atoms with Crippen LogP contribution in [-0.2, 0) is 32.0 Å². The number of hydrogen-bond donors (Lipinski definition) is 1. The molecule has 0 aromatic heterocycles. The van der Waals surface area contributed by atoms with E-state index in [2.05, 4.69) is 5.32 Å². The summed E-state index contributed by atoms with van der Waals surface area (Å²) in [6.07, 6.45) is 0.225. The van der Waals surface area contributed by atoms with Crippen LogP contribution in [0, 0.1) is 0 Å². The SMILES string of the molecule is CC(OC(=O)CCNC(=O)Cc1ccccc1)C(=O)N1CCc2ccccc21. The fourth-order valence-electron chi connectivity index (χ4n) is 3.24. The van der Waals surface area contributed by atoms with E-state index in [9.17, 15) is 14.4 Å². The van der Waals surface area contributed by atoms with Crippen molar-refractivity contribution in [3.63, 3.8) is 0 Å². The van der Waals surface area contributed by atoms with Gasteiger partial charge in [0, 0.05) is 18.8 Å². The standard InChI is InChI=1S/C22H24N2O4/c1-16(22(27)24-14-12-18-9-5-6-10-19(18)24)28-21(26)11-13-23-20(25)15-17-7-3-2-4-8-17/h2-10,16H,11-15H2,1H3,(H,23,25). The number of fused-ring (bicyclic) bond motifs is 1. The van der Waals surface area contributed by atoms with Gasteiger partial charge in [0.1, 0.15) is 0 Å². The summed E-state index contributed by atoms with van der Waals surface area (Å²) in [4.78, 5) is 38.2. The molecule has 1 atom stereocenters. The molecular weight excluding hydrogens is 356 g/mol. The van der Waals surface area contributed by atoms with Gasteiger partial charge in [-0.25, -0.2) is 0 Å². The summed E-state index contributed by atoms with van der Waals surface area (Å²) < 4.78 is 5.26. The monoisotopic (exact) mass is 380 g/mol. The quantitative estimate of drug-likeness (QED) is 0.748. The van der Waals surface area contributed by atoms with Crippen molar-refractivity contribution in [1.29, 1.82) is 0 Å². The lowest BCUT2D eigenvalue weighted by molar-refractivity contribution is -0.153. The predicted octanol–water partition coefficient (Wildman–Crippen LogP) is 2.26. The van der Waals surface area contributed by atoms with Crippen molar-refractivity contribution < 1.29 is 19.1 Å². The van der Waals surface area contributed by atoms with Gasteiger partial charge in [-0.15, -0.1) is 0 Å². The Morgan fingerprint density at radius 2 is 1.79 bits per heavy atom. The highest BCUT2D eigenvalue weighted by molar-refractivity contribution is 5.99. The third-order valence-corrected chi connectivity index (χ3v) is 4.67. The number of anilines is 1. The zero-order valence-electron chi connectivity index (χ0n) is 15.9. The molecule has 0 aliphatic carbocycles. The third kappa shape index (κ3) is 4.97. The number of rotatable bonds is 7. The second-order valence-electron chi connectivity index (χ2n) is 6.76. The lowest BCUT2D eigenvalue weighted by Crippen LogP contribution is -2.39. The predicted molar refractivity (Wildman–Crippen MR) is 106 cm³/mol. The summed E-state index contributed by atoms with van der Waals surface area (Å²) in [5.41, 5.74) is 2.91. The van der Waals surface area contributed by atoms with Gasteiger partial charge in [-0.1, -0.05) is 48.5 Å². The highest BCUT2D eigenvalue weighted by atomic mass is 16.5. The van der Waals surface area contributed by atoms with E-state index in [-0.39, 0.29) is 31.2 Å². The van der Waals surface area contributed by atoms with Gasteiger partial charge in [0.2, 0.25) is 5.91 Å². The third-order valence-electron chi connectivity index (χ3n) is 4.67. The molecule has 0 bridgehead atoms. The second-order valence-corrected chi connectivity index (χ2v) is 6.76. The number of para-hydroxylation sites is 1. The van der Waals surface area contributed by atoms with Gasteiger partial charge in [-0.2, -0.15) is 0 Å². The Balaban J connectivity index is 1.41. The van der Waals surface area contributed by atoms with Crippen molar-refractivity contribution in [1.82, 2.24) is 5.32 Å². The smallest absolute Gasteiger partial charge is 0.308 e. The van der Waals surface area contributed by atoms with Crippen LogP contribution in [0.15, 0.2) is 54.6 Å². The molecule has 146 valence electrons. The van der Waals surface area contributed by atoms with Crippen LogP contribution in [-0.4, -0.2) is 37.0 Å². The molecule has 0 saturated carbocycles. The zero-order valence-corrected chi connectivity index (χ0v) is 15.9. The normalized spacial score (nSPS) is 13.5. The van der Waals surface area contributed by atoms with E-state index >= 15 is 0 Å².